The zero-order valence-corrected chi connectivity index (χ0v) is 16.5. The summed E-state index contributed by atoms with van der Waals surface area (Å²) in [6.45, 7) is 7.29. The quantitative estimate of drug-likeness (QED) is 0.653. The normalized spacial score (nSPS) is 16.7. The number of carbonyl (C=O) groups is 1. The number of aliphatic hydroxyl groups is 1. The van der Waals surface area contributed by atoms with E-state index in [0.717, 1.165) is 26.2 Å². The Bertz CT molecular complexity index is 775. The minimum absolute atomic E-state index is 0.182. The number of anilines is 1. The molecule has 9 heteroatoms. The van der Waals surface area contributed by atoms with Crippen molar-refractivity contribution in [1.29, 1.82) is 0 Å². The Morgan fingerprint density at radius 1 is 1.28 bits per heavy atom. The van der Waals surface area contributed by atoms with E-state index < -0.39 is 12.0 Å². The highest BCUT2D eigenvalue weighted by Crippen LogP contribution is 2.13. The summed E-state index contributed by atoms with van der Waals surface area (Å²) in [5.41, 5.74) is 0.672. The number of benzene rings is 1. The van der Waals surface area contributed by atoms with Gasteiger partial charge in [-0.25, -0.2) is 9.37 Å². The number of nitrogens with zero attached hydrogens (tertiary/aromatic N) is 3. The molecule has 2 N–H and O–H groups in total. The number of carbonyl (C=O) groups excluding carboxylic acids is 1. The summed E-state index contributed by atoms with van der Waals surface area (Å²) in [7, 11) is 0. The number of piperazine rings is 1. The van der Waals surface area contributed by atoms with Crippen molar-refractivity contribution in [3.05, 3.63) is 47.9 Å². The van der Waals surface area contributed by atoms with Gasteiger partial charge in [-0.2, -0.15) is 0 Å². The molecule has 158 valence electrons. The molecule has 1 fully saturated rings. The second kappa shape index (κ2) is 10.4. The average Bonchev–Trinajstić information content (AvgIpc) is 3.18. The first-order valence-electron chi connectivity index (χ1n) is 9.75. The van der Waals surface area contributed by atoms with E-state index in [1.165, 1.54) is 30.5 Å². The third kappa shape index (κ3) is 6.60. The number of hydrogen-bond acceptors (Lipinski definition) is 7. The van der Waals surface area contributed by atoms with Crippen molar-refractivity contribution in [2.24, 2.45) is 0 Å². The molecule has 3 rings (SSSR count). The van der Waals surface area contributed by atoms with Crippen molar-refractivity contribution in [3.8, 4) is 0 Å². The Morgan fingerprint density at radius 2 is 1.97 bits per heavy atom. The molecule has 0 saturated carbocycles. The highest BCUT2D eigenvalue weighted by atomic mass is 19.1. The van der Waals surface area contributed by atoms with Crippen molar-refractivity contribution in [3.63, 3.8) is 0 Å². The summed E-state index contributed by atoms with van der Waals surface area (Å²) in [5, 5.41) is 12.6. The zero-order chi connectivity index (χ0) is 20.6. The highest BCUT2D eigenvalue weighted by molar-refractivity contribution is 6.02. The van der Waals surface area contributed by atoms with E-state index in [-0.39, 0.29) is 11.5 Å². The van der Waals surface area contributed by atoms with Crippen LogP contribution in [0.5, 0.6) is 0 Å². The predicted octanol–water partition coefficient (Wildman–Crippen LogP) is 1.58. The van der Waals surface area contributed by atoms with Crippen molar-refractivity contribution in [2.45, 2.75) is 19.6 Å². The van der Waals surface area contributed by atoms with Gasteiger partial charge in [0.25, 0.3) is 5.91 Å². The van der Waals surface area contributed by atoms with Crippen LogP contribution in [-0.2, 0) is 11.3 Å². The van der Waals surface area contributed by atoms with Gasteiger partial charge in [-0.05, 0) is 31.2 Å². The maximum Gasteiger partial charge on any atom is 0.277 e. The number of rotatable bonds is 9. The first-order valence-corrected chi connectivity index (χ1v) is 9.75. The molecule has 1 amide bonds. The van der Waals surface area contributed by atoms with E-state index in [9.17, 15) is 14.3 Å². The number of aliphatic hydroxyl groups excluding tert-OH is 1. The smallest absolute Gasteiger partial charge is 0.277 e. The van der Waals surface area contributed by atoms with Crippen LogP contribution in [0.1, 0.15) is 23.3 Å². The molecule has 1 atom stereocenters. The molecular weight excluding hydrogens is 379 g/mol. The fourth-order valence-electron chi connectivity index (χ4n) is 3.14. The molecule has 0 radical (unpaired) electrons. The number of halogens is 1. The molecule has 0 spiro atoms. The van der Waals surface area contributed by atoms with Gasteiger partial charge < -0.3 is 19.6 Å². The fraction of sp³-hybridized carbons (Fsp3) is 0.500. The summed E-state index contributed by atoms with van der Waals surface area (Å²) in [6, 6.07) is 5.52. The number of β-amino-alcohol motifs (C(OH)–C–C–N with tert-alkyl or cyclic N) is 1. The Hall–Kier alpha value is -2.33. The van der Waals surface area contributed by atoms with Crippen LogP contribution in [0.4, 0.5) is 10.1 Å². The minimum Gasteiger partial charge on any atom is -0.447 e. The van der Waals surface area contributed by atoms with Crippen molar-refractivity contribution < 1.29 is 23.4 Å². The van der Waals surface area contributed by atoms with Crippen LogP contribution in [0.2, 0.25) is 0 Å². The molecule has 2 heterocycles. The Labute approximate surface area is 169 Å². The number of amides is 1. The predicted molar refractivity (Wildman–Crippen MR) is 105 cm³/mol. The SMILES string of the molecule is CCOC[C@@H](O)CN1CCN(Cc2nc(C(=O)Nc3ccc(F)cc3)co2)CC1. The molecule has 1 aliphatic rings. The zero-order valence-electron chi connectivity index (χ0n) is 16.5. The number of ether oxygens (including phenoxy) is 1. The molecule has 8 nitrogen and oxygen atoms in total. The minimum atomic E-state index is -0.476. The van der Waals surface area contributed by atoms with Crippen LogP contribution in [0.15, 0.2) is 34.9 Å². The highest BCUT2D eigenvalue weighted by Gasteiger charge is 2.21. The largest absolute Gasteiger partial charge is 0.447 e. The monoisotopic (exact) mass is 406 g/mol. The average molecular weight is 406 g/mol. The van der Waals surface area contributed by atoms with Gasteiger partial charge in [0, 0.05) is 45.0 Å². The lowest BCUT2D eigenvalue weighted by Gasteiger charge is -2.34. The van der Waals surface area contributed by atoms with E-state index in [1.54, 1.807) is 0 Å². The maximum atomic E-state index is 12.9. The van der Waals surface area contributed by atoms with Crippen molar-refractivity contribution in [1.82, 2.24) is 14.8 Å². The first-order chi connectivity index (χ1) is 14.0. The molecule has 0 bridgehead atoms. The molecular formula is C20H27FN4O4. The molecule has 1 aliphatic heterocycles. The summed E-state index contributed by atoms with van der Waals surface area (Å²) in [5.74, 6) is -0.297. The third-order valence-corrected chi connectivity index (χ3v) is 4.69. The fourth-order valence-corrected chi connectivity index (χ4v) is 3.14. The van der Waals surface area contributed by atoms with E-state index >= 15 is 0 Å². The number of hydrogen-bond donors (Lipinski definition) is 2. The van der Waals surface area contributed by atoms with Gasteiger partial charge in [0.1, 0.15) is 12.1 Å². The summed E-state index contributed by atoms with van der Waals surface area (Å²) >= 11 is 0. The Balaban J connectivity index is 1.43. The van der Waals surface area contributed by atoms with Gasteiger partial charge in [0.2, 0.25) is 5.89 Å². The lowest BCUT2D eigenvalue weighted by molar-refractivity contribution is 0.00949. The Kier molecular flexibility index (Phi) is 7.70. The van der Waals surface area contributed by atoms with E-state index in [1.807, 2.05) is 6.92 Å². The molecule has 29 heavy (non-hydrogen) atoms. The van der Waals surface area contributed by atoms with Crippen LogP contribution in [0.25, 0.3) is 0 Å². The first kappa shape index (κ1) is 21.4. The van der Waals surface area contributed by atoms with Crippen LogP contribution >= 0.6 is 0 Å². The lowest BCUT2D eigenvalue weighted by atomic mass is 10.2. The molecule has 1 aromatic carbocycles. The van der Waals surface area contributed by atoms with Gasteiger partial charge in [0.15, 0.2) is 5.69 Å². The van der Waals surface area contributed by atoms with Gasteiger partial charge in [0.05, 0.1) is 19.3 Å². The summed E-state index contributed by atoms with van der Waals surface area (Å²) < 4.78 is 23.6. The van der Waals surface area contributed by atoms with Crippen molar-refractivity contribution in [2.75, 3.05) is 51.3 Å². The standard InChI is InChI=1S/C20H27FN4O4/c1-2-28-13-17(26)11-24-7-9-25(10-8-24)12-19-23-18(14-29-19)20(27)22-16-5-3-15(21)4-6-16/h3-6,14,17,26H,2,7-13H2,1H3,(H,22,27)/t17-/m0/s1. The van der Waals surface area contributed by atoms with E-state index in [4.69, 9.17) is 9.15 Å². The van der Waals surface area contributed by atoms with Crippen LogP contribution in [0.3, 0.4) is 0 Å². The second-order valence-electron chi connectivity index (χ2n) is 6.98. The molecule has 1 saturated heterocycles. The molecule has 0 unspecified atom stereocenters. The number of aromatic nitrogens is 1. The summed E-state index contributed by atoms with van der Waals surface area (Å²) in [4.78, 5) is 20.9. The summed E-state index contributed by atoms with van der Waals surface area (Å²) in [6.07, 6.45) is 0.851. The van der Waals surface area contributed by atoms with Gasteiger partial charge >= 0.3 is 0 Å². The third-order valence-electron chi connectivity index (χ3n) is 4.69. The van der Waals surface area contributed by atoms with Crippen LogP contribution < -0.4 is 5.32 Å². The van der Waals surface area contributed by atoms with Gasteiger partial charge in [-0.15, -0.1) is 0 Å². The number of nitrogens with one attached hydrogen (secondary N) is 1. The second-order valence-corrected chi connectivity index (χ2v) is 6.98. The number of oxazole rings is 1. The Morgan fingerprint density at radius 3 is 2.66 bits per heavy atom. The van der Waals surface area contributed by atoms with Crippen LogP contribution in [0, 0.1) is 5.82 Å². The van der Waals surface area contributed by atoms with Crippen molar-refractivity contribution >= 4 is 11.6 Å². The lowest BCUT2D eigenvalue weighted by Crippen LogP contribution is -2.48. The molecule has 0 aliphatic carbocycles. The van der Waals surface area contributed by atoms with E-state index in [2.05, 4.69) is 20.1 Å². The molecule has 2 aromatic rings. The maximum absolute atomic E-state index is 12.9. The topological polar surface area (TPSA) is 91.1 Å². The van der Waals surface area contributed by atoms with Gasteiger partial charge in [-0.3, -0.25) is 14.6 Å². The van der Waals surface area contributed by atoms with E-state index in [0.29, 0.717) is 37.9 Å². The van der Waals surface area contributed by atoms with Gasteiger partial charge in [-0.1, -0.05) is 0 Å². The molecule has 1 aromatic heterocycles. The van der Waals surface area contributed by atoms with Crippen LogP contribution in [-0.4, -0.2) is 77.8 Å².